The van der Waals surface area contributed by atoms with Gasteiger partial charge in [-0.1, -0.05) is 11.6 Å². The van der Waals surface area contributed by atoms with Crippen LogP contribution in [-0.4, -0.2) is 22.1 Å². The van der Waals surface area contributed by atoms with Gasteiger partial charge in [-0.2, -0.15) is 8.42 Å². The maximum Gasteiger partial charge on any atom is 0.352 e. The monoisotopic (exact) mass is 152 g/mol. The van der Waals surface area contributed by atoms with Crippen LogP contribution in [0.15, 0.2) is 0 Å². The van der Waals surface area contributed by atoms with Crippen LogP contribution in [0, 0.1) is 0 Å². The van der Waals surface area contributed by atoms with Gasteiger partial charge in [0.25, 0.3) is 0 Å². The number of rotatable bonds is 4. The third-order valence-electron chi connectivity index (χ3n) is 0.660. The van der Waals surface area contributed by atoms with Crippen LogP contribution in [0.5, 0.6) is 0 Å². The molecule has 0 spiro atoms. The third kappa shape index (κ3) is 4.38. The van der Waals surface area contributed by atoms with Crippen molar-refractivity contribution in [2.45, 2.75) is 13.3 Å². The lowest BCUT2D eigenvalue weighted by Crippen LogP contribution is -2.15. The van der Waals surface area contributed by atoms with Crippen molar-refractivity contribution in [2.24, 2.45) is 0 Å². The Morgan fingerprint density at radius 1 is 1.56 bits per heavy atom. The quantitative estimate of drug-likeness (QED) is 0.565. The first-order valence-corrected chi connectivity index (χ1v) is 3.99. The second-order valence-corrected chi connectivity index (χ2v) is 2.89. The minimum atomic E-state index is -3.56. The lowest BCUT2D eigenvalue weighted by Gasteiger charge is -1.97. The fourth-order valence-electron chi connectivity index (χ4n) is 0.241. The molecule has 0 fully saturated rings. The summed E-state index contributed by atoms with van der Waals surface area (Å²) in [6.45, 7) is 2.03. The number of hydrogen-bond donors (Lipinski definition) is 0. The molecule has 0 aromatic carbocycles. The molecule has 5 heteroatoms. The largest absolute Gasteiger partial charge is 0.352 e. The van der Waals surface area contributed by atoms with Crippen molar-refractivity contribution >= 4 is 10.3 Å². The molecule has 0 aliphatic heterocycles. The molecule has 0 rings (SSSR count). The average Bonchev–Trinajstić information content (AvgIpc) is 1.84. The van der Waals surface area contributed by atoms with Crippen molar-refractivity contribution in [2.75, 3.05) is 13.7 Å². The normalized spacial score (nSPS) is 11.8. The Bertz CT molecular complexity index is 151. The summed E-state index contributed by atoms with van der Waals surface area (Å²) in [6, 6.07) is 0. The molecular weight excluding hydrogens is 142 g/mol. The second-order valence-electron chi connectivity index (χ2n) is 1.43. The van der Waals surface area contributed by atoms with Gasteiger partial charge in [0.05, 0.1) is 6.61 Å². The Kier molecular flexibility index (Phi) is 3.76. The van der Waals surface area contributed by atoms with Crippen LogP contribution in [-0.2, 0) is 14.5 Å². The van der Waals surface area contributed by atoms with E-state index in [-0.39, 0.29) is 6.61 Å². The third-order valence-corrected chi connectivity index (χ3v) is 1.57. The van der Waals surface area contributed by atoms with Crippen molar-refractivity contribution in [3.8, 4) is 0 Å². The molecular formula is C4H10NO3S. The SMILES string of the molecule is CCCOS(=O)(=O)[N]C. The molecule has 0 aromatic heterocycles. The van der Waals surface area contributed by atoms with Gasteiger partial charge in [-0.25, -0.2) is 0 Å². The van der Waals surface area contributed by atoms with E-state index in [1.165, 1.54) is 7.05 Å². The van der Waals surface area contributed by atoms with E-state index < -0.39 is 10.3 Å². The van der Waals surface area contributed by atoms with Crippen LogP contribution in [0.1, 0.15) is 13.3 Å². The standard InChI is InChI=1S/C4H10NO3S/c1-3-4-8-9(6,7)5-2/h3-4H2,1-2H3. The summed E-state index contributed by atoms with van der Waals surface area (Å²) in [5.74, 6) is 0. The van der Waals surface area contributed by atoms with Gasteiger partial charge >= 0.3 is 10.3 Å². The first-order chi connectivity index (χ1) is 4.12. The van der Waals surface area contributed by atoms with Crippen molar-refractivity contribution in [1.82, 2.24) is 4.72 Å². The van der Waals surface area contributed by atoms with Crippen LogP contribution in [0.4, 0.5) is 0 Å². The molecule has 0 aromatic rings. The Balaban J connectivity index is 3.61. The minimum Gasteiger partial charge on any atom is -0.257 e. The molecule has 0 saturated heterocycles. The van der Waals surface area contributed by atoms with E-state index in [9.17, 15) is 8.42 Å². The Hall–Kier alpha value is -0.130. The predicted molar refractivity (Wildman–Crippen MR) is 33.2 cm³/mol. The first-order valence-electron chi connectivity index (χ1n) is 2.63. The smallest absolute Gasteiger partial charge is 0.257 e. The van der Waals surface area contributed by atoms with Gasteiger partial charge in [0.15, 0.2) is 0 Å². The summed E-state index contributed by atoms with van der Waals surface area (Å²) in [5.41, 5.74) is 0. The van der Waals surface area contributed by atoms with E-state index in [4.69, 9.17) is 0 Å². The molecule has 9 heavy (non-hydrogen) atoms. The second kappa shape index (κ2) is 3.81. The van der Waals surface area contributed by atoms with E-state index in [0.717, 1.165) is 0 Å². The van der Waals surface area contributed by atoms with Gasteiger partial charge in [0, 0.05) is 7.05 Å². The van der Waals surface area contributed by atoms with Gasteiger partial charge in [-0.05, 0) is 6.42 Å². The Labute approximate surface area is 55.5 Å². The van der Waals surface area contributed by atoms with Crippen LogP contribution in [0.2, 0.25) is 0 Å². The zero-order valence-corrected chi connectivity index (χ0v) is 6.31. The van der Waals surface area contributed by atoms with Gasteiger partial charge in [0.1, 0.15) is 0 Å². The topological polar surface area (TPSA) is 57.5 Å². The zero-order valence-electron chi connectivity index (χ0n) is 5.49. The highest BCUT2D eigenvalue weighted by Crippen LogP contribution is 1.88. The minimum absolute atomic E-state index is 0.208. The molecule has 0 amide bonds. The van der Waals surface area contributed by atoms with Crippen molar-refractivity contribution < 1.29 is 12.6 Å². The Morgan fingerprint density at radius 3 is 2.44 bits per heavy atom. The summed E-state index contributed by atoms with van der Waals surface area (Å²) in [6.07, 6.45) is 0.675. The van der Waals surface area contributed by atoms with Crippen molar-refractivity contribution in [3.63, 3.8) is 0 Å². The fraction of sp³-hybridized carbons (Fsp3) is 1.00. The highest BCUT2D eigenvalue weighted by molar-refractivity contribution is 7.84. The maximum absolute atomic E-state index is 10.4. The lowest BCUT2D eigenvalue weighted by atomic mass is 10.5. The summed E-state index contributed by atoms with van der Waals surface area (Å²) in [5, 5.41) is 0. The van der Waals surface area contributed by atoms with Crippen molar-refractivity contribution in [1.29, 1.82) is 0 Å². The molecule has 0 atom stereocenters. The molecule has 0 unspecified atom stereocenters. The number of hydrogen-bond acceptors (Lipinski definition) is 3. The van der Waals surface area contributed by atoms with E-state index in [1.807, 2.05) is 6.92 Å². The lowest BCUT2D eigenvalue weighted by molar-refractivity contribution is 0.312. The zero-order chi connectivity index (χ0) is 7.33. The molecule has 0 bridgehead atoms. The predicted octanol–water partition coefficient (Wildman–Crippen LogP) is -0.108. The summed E-state index contributed by atoms with van der Waals surface area (Å²) < 4.78 is 28.1. The first kappa shape index (κ1) is 8.87. The van der Waals surface area contributed by atoms with Gasteiger partial charge in [-0.3, -0.25) is 4.18 Å². The van der Waals surface area contributed by atoms with Gasteiger partial charge < -0.3 is 0 Å². The van der Waals surface area contributed by atoms with Crippen molar-refractivity contribution in [3.05, 3.63) is 0 Å². The van der Waals surface area contributed by atoms with E-state index in [1.54, 1.807) is 0 Å². The fourth-order valence-corrected chi connectivity index (χ4v) is 0.724. The Morgan fingerprint density at radius 2 is 2.11 bits per heavy atom. The number of nitrogens with zero attached hydrogens (tertiary/aromatic N) is 1. The van der Waals surface area contributed by atoms with Crippen LogP contribution in [0.25, 0.3) is 0 Å². The molecule has 1 radical (unpaired) electrons. The highest BCUT2D eigenvalue weighted by Gasteiger charge is 2.05. The summed E-state index contributed by atoms with van der Waals surface area (Å²) in [7, 11) is -2.37. The molecule has 0 aliphatic rings. The van der Waals surface area contributed by atoms with E-state index >= 15 is 0 Å². The summed E-state index contributed by atoms with van der Waals surface area (Å²) in [4.78, 5) is 0. The molecule has 0 saturated carbocycles. The van der Waals surface area contributed by atoms with Crippen LogP contribution < -0.4 is 4.72 Å². The van der Waals surface area contributed by atoms with E-state index in [2.05, 4.69) is 8.91 Å². The van der Waals surface area contributed by atoms with Gasteiger partial charge in [-0.15, -0.1) is 0 Å². The molecule has 55 valence electrons. The molecule has 0 aliphatic carbocycles. The summed E-state index contributed by atoms with van der Waals surface area (Å²) >= 11 is 0. The molecule has 0 heterocycles. The van der Waals surface area contributed by atoms with Gasteiger partial charge in [0.2, 0.25) is 0 Å². The van der Waals surface area contributed by atoms with E-state index in [0.29, 0.717) is 6.42 Å². The highest BCUT2D eigenvalue weighted by atomic mass is 32.2. The molecule has 4 nitrogen and oxygen atoms in total. The maximum atomic E-state index is 10.4. The van der Waals surface area contributed by atoms with Crippen LogP contribution in [0.3, 0.4) is 0 Å². The average molecular weight is 152 g/mol. The molecule has 0 N–H and O–H groups in total. The van der Waals surface area contributed by atoms with Crippen LogP contribution >= 0.6 is 0 Å².